The van der Waals surface area contributed by atoms with Gasteiger partial charge in [-0.2, -0.15) is 0 Å². The van der Waals surface area contributed by atoms with Crippen LogP contribution in [0.5, 0.6) is 0 Å². The Hall–Kier alpha value is -2.13. The van der Waals surface area contributed by atoms with Crippen molar-refractivity contribution in [1.29, 1.82) is 0 Å². The molecule has 0 atom stereocenters. The summed E-state index contributed by atoms with van der Waals surface area (Å²) in [5.74, 6) is 0.176. The largest absolute Gasteiger partial charge is 0.335 e. The van der Waals surface area contributed by atoms with E-state index in [1.54, 1.807) is 11.3 Å². The Morgan fingerprint density at radius 2 is 1.87 bits per heavy atom. The van der Waals surface area contributed by atoms with Crippen molar-refractivity contribution in [2.45, 2.75) is 25.3 Å². The van der Waals surface area contributed by atoms with Gasteiger partial charge in [0.05, 0.1) is 0 Å². The number of hydrogen-bond donors (Lipinski definition) is 0. The minimum Gasteiger partial charge on any atom is -0.335 e. The second-order valence-electron chi connectivity index (χ2n) is 6.12. The highest BCUT2D eigenvalue weighted by molar-refractivity contribution is 7.09. The van der Waals surface area contributed by atoms with E-state index in [1.165, 1.54) is 10.3 Å². The second-order valence-corrected chi connectivity index (χ2v) is 7.15. The van der Waals surface area contributed by atoms with Gasteiger partial charge in [-0.25, -0.2) is 0 Å². The molecule has 0 saturated heterocycles. The third-order valence-corrected chi connectivity index (χ3v) is 5.36. The normalized spacial score (nSPS) is 14.1. The lowest BCUT2D eigenvalue weighted by atomic mass is 10.1. The van der Waals surface area contributed by atoms with Crippen molar-refractivity contribution < 1.29 is 4.79 Å². The summed E-state index contributed by atoms with van der Waals surface area (Å²) >= 11 is 1.77. The van der Waals surface area contributed by atoms with Gasteiger partial charge in [0.25, 0.3) is 5.91 Å². The van der Waals surface area contributed by atoms with Gasteiger partial charge in [0.1, 0.15) is 0 Å². The van der Waals surface area contributed by atoms with Crippen LogP contribution in [0, 0.1) is 0 Å². The molecule has 1 aliphatic carbocycles. The molecule has 2 aromatic carbocycles. The monoisotopic (exact) mass is 321 g/mol. The Bertz CT molecular complexity index is 821. The quantitative estimate of drug-likeness (QED) is 0.664. The van der Waals surface area contributed by atoms with E-state index in [0.717, 1.165) is 36.8 Å². The molecule has 3 heteroatoms. The van der Waals surface area contributed by atoms with Gasteiger partial charge in [-0.3, -0.25) is 4.79 Å². The van der Waals surface area contributed by atoms with Crippen LogP contribution < -0.4 is 0 Å². The number of carbonyl (C=O) groups is 1. The smallest absolute Gasteiger partial charge is 0.254 e. The van der Waals surface area contributed by atoms with E-state index in [1.807, 2.05) is 30.3 Å². The third-order valence-electron chi connectivity index (χ3n) is 4.42. The van der Waals surface area contributed by atoms with Crippen LogP contribution in [-0.2, 0) is 6.42 Å². The fourth-order valence-corrected chi connectivity index (χ4v) is 3.71. The molecule has 1 aromatic heterocycles. The number of rotatable bonds is 5. The highest BCUT2D eigenvalue weighted by Gasteiger charge is 2.32. The Morgan fingerprint density at radius 3 is 2.61 bits per heavy atom. The first-order valence-corrected chi connectivity index (χ1v) is 9.01. The zero-order valence-electron chi connectivity index (χ0n) is 12.9. The molecule has 0 N–H and O–H groups in total. The van der Waals surface area contributed by atoms with Gasteiger partial charge in [-0.05, 0) is 53.6 Å². The molecular weight excluding hydrogens is 302 g/mol. The summed E-state index contributed by atoms with van der Waals surface area (Å²) in [6.45, 7) is 0.816. The SMILES string of the molecule is O=C(c1ccc2ccccc2c1)N(CCc1cccs1)C1CC1. The topological polar surface area (TPSA) is 20.3 Å². The molecule has 23 heavy (non-hydrogen) atoms. The summed E-state index contributed by atoms with van der Waals surface area (Å²) in [5, 5.41) is 4.41. The van der Waals surface area contributed by atoms with Crippen molar-refractivity contribution in [3.8, 4) is 0 Å². The van der Waals surface area contributed by atoms with Gasteiger partial charge in [0.15, 0.2) is 0 Å². The van der Waals surface area contributed by atoms with Gasteiger partial charge in [0, 0.05) is 23.0 Å². The first kappa shape index (κ1) is 14.5. The van der Waals surface area contributed by atoms with E-state index in [0.29, 0.717) is 6.04 Å². The zero-order chi connectivity index (χ0) is 15.6. The molecular formula is C20H19NOS. The van der Waals surface area contributed by atoms with Gasteiger partial charge in [-0.15, -0.1) is 11.3 Å². The highest BCUT2D eigenvalue weighted by Crippen LogP contribution is 2.29. The standard InChI is InChI=1S/C20H19NOS/c22-20(17-8-7-15-4-1-2-5-16(15)14-17)21(18-9-10-18)12-11-19-6-3-13-23-19/h1-8,13-14,18H,9-12H2. The van der Waals surface area contributed by atoms with Gasteiger partial charge in [-0.1, -0.05) is 36.4 Å². The maximum atomic E-state index is 13.0. The van der Waals surface area contributed by atoms with E-state index < -0.39 is 0 Å². The van der Waals surface area contributed by atoms with E-state index >= 15 is 0 Å². The van der Waals surface area contributed by atoms with Crippen LogP contribution in [0.1, 0.15) is 28.1 Å². The predicted octanol–water partition coefficient (Wildman–Crippen LogP) is 4.75. The first-order chi connectivity index (χ1) is 11.3. The van der Waals surface area contributed by atoms with E-state index in [2.05, 4.69) is 34.5 Å². The van der Waals surface area contributed by atoms with Crippen LogP contribution in [0.15, 0.2) is 60.0 Å². The van der Waals surface area contributed by atoms with Crippen molar-refractivity contribution >= 4 is 28.0 Å². The third kappa shape index (κ3) is 3.15. The molecule has 3 aromatic rings. The number of fused-ring (bicyclic) bond motifs is 1. The zero-order valence-corrected chi connectivity index (χ0v) is 13.8. The summed E-state index contributed by atoms with van der Waals surface area (Å²) in [5.41, 5.74) is 0.807. The number of nitrogens with zero attached hydrogens (tertiary/aromatic N) is 1. The first-order valence-electron chi connectivity index (χ1n) is 8.13. The summed E-state index contributed by atoms with van der Waals surface area (Å²) in [6.07, 6.45) is 3.24. The van der Waals surface area contributed by atoms with Crippen LogP contribution in [0.4, 0.5) is 0 Å². The lowest BCUT2D eigenvalue weighted by Gasteiger charge is -2.22. The van der Waals surface area contributed by atoms with Crippen LogP contribution in [0.3, 0.4) is 0 Å². The Labute approximate surface area is 140 Å². The Balaban J connectivity index is 1.56. The van der Waals surface area contributed by atoms with Gasteiger partial charge >= 0.3 is 0 Å². The fourth-order valence-electron chi connectivity index (χ4n) is 3.01. The maximum absolute atomic E-state index is 13.0. The molecule has 0 radical (unpaired) electrons. The predicted molar refractivity (Wildman–Crippen MR) is 96.0 cm³/mol. The molecule has 4 rings (SSSR count). The van der Waals surface area contributed by atoms with Crippen molar-refractivity contribution in [2.75, 3.05) is 6.54 Å². The molecule has 0 aliphatic heterocycles. The van der Waals surface area contributed by atoms with Gasteiger partial charge in [0.2, 0.25) is 0 Å². The fraction of sp³-hybridized carbons (Fsp3) is 0.250. The van der Waals surface area contributed by atoms with Crippen molar-refractivity contribution in [1.82, 2.24) is 4.90 Å². The van der Waals surface area contributed by atoms with E-state index in [-0.39, 0.29) is 5.91 Å². The maximum Gasteiger partial charge on any atom is 0.254 e. The molecule has 0 bridgehead atoms. The molecule has 1 heterocycles. The number of thiophene rings is 1. The average molecular weight is 321 g/mol. The summed E-state index contributed by atoms with van der Waals surface area (Å²) < 4.78 is 0. The van der Waals surface area contributed by atoms with E-state index in [9.17, 15) is 4.79 Å². The van der Waals surface area contributed by atoms with Crippen LogP contribution >= 0.6 is 11.3 Å². The molecule has 0 unspecified atom stereocenters. The lowest BCUT2D eigenvalue weighted by Crippen LogP contribution is -2.34. The van der Waals surface area contributed by atoms with Crippen molar-refractivity contribution in [3.05, 3.63) is 70.4 Å². The van der Waals surface area contributed by atoms with E-state index in [4.69, 9.17) is 0 Å². The van der Waals surface area contributed by atoms with Crippen LogP contribution in [0.25, 0.3) is 10.8 Å². The summed E-state index contributed by atoms with van der Waals surface area (Å²) in [4.78, 5) is 16.4. The number of carbonyl (C=O) groups excluding carboxylic acids is 1. The average Bonchev–Trinajstić information content (AvgIpc) is 3.29. The molecule has 116 valence electrons. The van der Waals surface area contributed by atoms with Crippen molar-refractivity contribution in [3.63, 3.8) is 0 Å². The molecule has 0 spiro atoms. The van der Waals surface area contributed by atoms with Crippen LogP contribution in [0.2, 0.25) is 0 Å². The highest BCUT2D eigenvalue weighted by atomic mass is 32.1. The number of amides is 1. The second kappa shape index (κ2) is 6.17. The Kier molecular flexibility index (Phi) is 3.88. The summed E-state index contributed by atoms with van der Waals surface area (Å²) in [6, 6.07) is 18.9. The Morgan fingerprint density at radius 1 is 1.04 bits per heavy atom. The molecule has 1 saturated carbocycles. The molecule has 2 nitrogen and oxygen atoms in total. The number of hydrogen-bond acceptors (Lipinski definition) is 2. The molecule has 1 amide bonds. The van der Waals surface area contributed by atoms with Crippen molar-refractivity contribution in [2.24, 2.45) is 0 Å². The van der Waals surface area contributed by atoms with Gasteiger partial charge < -0.3 is 4.90 Å². The number of benzene rings is 2. The summed E-state index contributed by atoms with van der Waals surface area (Å²) in [7, 11) is 0. The molecule has 1 fully saturated rings. The van der Waals surface area contributed by atoms with Crippen LogP contribution in [-0.4, -0.2) is 23.4 Å². The minimum absolute atomic E-state index is 0.176. The lowest BCUT2D eigenvalue weighted by molar-refractivity contribution is 0.0745. The minimum atomic E-state index is 0.176. The molecule has 1 aliphatic rings.